The fourth-order valence-electron chi connectivity index (χ4n) is 2.68. The summed E-state index contributed by atoms with van der Waals surface area (Å²) in [5.41, 5.74) is 0.897. The first-order valence-corrected chi connectivity index (χ1v) is 7.62. The van der Waals surface area contributed by atoms with Gasteiger partial charge in [-0.15, -0.1) is 17.0 Å². The number of halogens is 1. The minimum Gasteiger partial charge on any atom is -0.380 e. The van der Waals surface area contributed by atoms with Gasteiger partial charge in [-0.2, -0.15) is 0 Å². The zero-order chi connectivity index (χ0) is 15.3. The van der Waals surface area contributed by atoms with E-state index >= 15 is 0 Å². The fourth-order valence-corrected chi connectivity index (χ4v) is 2.68. The van der Waals surface area contributed by atoms with E-state index in [1.54, 1.807) is 0 Å². The highest BCUT2D eigenvalue weighted by atomic mass is 79.9. The van der Waals surface area contributed by atoms with Crippen molar-refractivity contribution in [1.82, 2.24) is 5.32 Å². The van der Waals surface area contributed by atoms with Gasteiger partial charge in [-0.1, -0.05) is 81.4 Å². The average Bonchev–Trinajstić information content (AvgIpc) is 2.53. The quantitative estimate of drug-likeness (QED) is 0.808. The van der Waals surface area contributed by atoms with E-state index in [-0.39, 0.29) is 22.9 Å². The van der Waals surface area contributed by atoms with E-state index in [4.69, 9.17) is 0 Å². The van der Waals surface area contributed by atoms with Crippen LogP contribution in [0.4, 0.5) is 0 Å². The molecule has 0 saturated carbocycles. The van der Waals surface area contributed by atoms with Crippen LogP contribution in [-0.2, 0) is 5.60 Å². The van der Waals surface area contributed by atoms with Crippen LogP contribution in [0.3, 0.4) is 0 Å². The molecule has 0 amide bonds. The lowest BCUT2D eigenvalue weighted by Crippen LogP contribution is -2.41. The molecule has 0 radical (unpaired) electrons. The van der Waals surface area contributed by atoms with Crippen molar-refractivity contribution in [3.05, 3.63) is 71.8 Å². The second kappa shape index (κ2) is 8.47. The second-order valence-corrected chi connectivity index (χ2v) is 5.96. The van der Waals surface area contributed by atoms with Gasteiger partial charge in [0.05, 0.1) is 0 Å². The minimum atomic E-state index is -0.982. The number of hydrogen-bond donors (Lipinski definition) is 2. The molecular formula is C19H26BrNO. The Morgan fingerprint density at radius 3 is 1.64 bits per heavy atom. The van der Waals surface area contributed by atoms with Gasteiger partial charge in [-0.3, -0.25) is 0 Å². The summed E-state index contributed by atoms with van der Waals surface area (Å²) in [6.07, 6.45) is 0. The number of benzene rings is 2. The molecule has 2 aromatic rings. The summed E-state index contributed by atoms with van der Waals surface area (Å²) in [4.78, 5) is 0. The molecule has 0 saturated heterocycles. The van der Waals surface area contributed by atoms with Crippen molar-refractivity contribution in [2.45, 2.75) is 32.4 Å². The van der Waals surface area contributed by atoms with Gasteiger partial charge in [0.1, 0.15) is 5.60 Å². The molecule has 0 spiro atoms. The Morgan fingerprint density at radius 1 is 0.864 bits per heavy atom. The van der Waals surface area contributed by atoms with Crippen LogP contribution in [0.15, 0.2) is 60.7 Å². The Labute approximate surface area is 144 Å². The van der Waals surface area contributed by atoms with Crippen LogP contribution in [0.1, 0.15) is 31.9 Å². The van der Waals surface area contributed by atoms with Crippen molar-refractivity contribution in [3.8, 4) is 0 Å². The summed E-state index contributed by atoms with van der Waals surface area (Å²) < 4.78 is 0. The summed E-state index contributed by atoms with van der Waals surface area (Å²) in [6.45, 7) is 7.10. The Kier molecular flexibility index (Phi) is 7.27. The molecular weight excluding hydrogens is 338 g/mol. The van der Waals surface area contributed by atoms with E-state index in [0.29, 0.717) is 6.04 Å². The maximum Gasteiger partial charge on any atom is 0.118 e. The lowest BCUT2D eigenvalue weighted by Gasteiger charge is -2.36. The lowest BCUT2D eigenvalue weighted by molar-refractivity contribution is 0.0234. The van der Waals surface area contributed by atoms with E-state index in [1.807, 2.05) is 60.7 Å². The van der Waals surface area contributed by atoms with Gasteiger partial charge in [-0.05, 0) is 11.1 Å². The number of rotatable bonds is 6. The Bertz CT molecular complexity index is 502. The van der Waals surface area contributed by atoms with Crippen molar-refractivity contribution >= 4 is 17.0 Å². The third kappa shape index (κ3) is 4.19. The summed E-state index contributed by atoms with van der Waals surface area (Å²) in [5, 5.41) is 14.9. The SMILES string of the molecule is Br.CC(C)NCC(C)C(O)(c1ccccc1)c1ccccc1. The highest BCUT2D eigenvalue weighted by Gasteiger charge is 2.37. The topological polar surface area (TPSA) is 32.3 Å². The molecule has 2 aromatic carbocycles. The van der Waals surface area contributed by atoms with Gasteiger partial charge in [0.25, 0.3) is 0 Å². The van der Waals surface area contributed by atoms with Crippen LogP contribution in [0.5, 0.6) is 0 Å². The zero-order valence-electron chi connectivity index (χ0n) is 13.5. The van der Waals surface area contributed by atoms with E-state index in [0.717, 1.165) is 17.7 Å². The molecule has 2 N–H and O–H groups in total. The number of nitrogens with one attached hydrogen (secondary N) is 1. The van der Waals surface area contributed by atoms with Gasteiger partial charge in [0.15, 0.2) is 0 Å². The van der Waals surface area contributed by atoms with Crippen molar-refractivity contribution in [2.75, 3.05) is 6.54 Å². The molecule has 0 aliphatic carbocycles. The van der Waals surface area contributed by atoms with Crippen LogP contribution < -0.4 is 5.32 Å². The molecule has 22 heavy (non-hydrogen) atoms. The summed E-state index contributed by atoms with van der Waals surface area (Å²) in [6, 6.07) is 20.3. The zero-order valence-corrected chi connectivity index (χ0v) is 15.2. The van der Waals surface area contributed by atoms with Crippen LogP contribution in [0.25, 0.3) is 0 Å². The van der Waals surface area contributed by atoms with E-state index in [1.165, 1.54) is 0 Å². The molecule has 120 valence electrons. The highest BCUT2D eigenvalue weighted by molar-refractivity contribution is 8.93. The largest absolute Gasteiger partial charge is 0.380 e. The van der Waals surface area contributed by atoms with Gasteiger partial charge in [0.2, 0.25) is 0 Å². The van der Waals surface area contributed by atoms with E-state index in [9.17, 15) is 5.11 Å². The van der Waals surface area contributed by atoms with Crippen LogP contribution in [-0.4, -0.2) is 17.7 Å². The first-order chi connectivity index (χ1) is 10.0. The first-order valence-electron chi connectivity index (χ1n) is 7.62. The predicted octanol–water partition coefficient (Wildman–Crippen LogP) is 4.13. The molecule has 0 fully saturated rings. The third-order valence-electron chi connectivity index (χ3n) is 3.97. The molecule has 0 aliphatic rings. The number of aliphatic hydroxyl groups is 1. The average molecular weight is 364 g/mol. The lowest BCUT2D eigenvalue weighted by atomic mass is 9.77. The first kappa shape index (κ1) is 18.9. The predicted molar refractivity (Wildman–Crippen MR) is 98.5 cm³/mol. The van der Waals surface area contributed by atoms with Gasteiger partial charge in [0, 0.05) is 18.5 Å². The van der Waals surface area contributed by atoms with Crippen molar-refractivity contribution in [1.29, 1.82) is 0 Å². The van der Waals surface area contributed by atoms with E-state index in [2.05, 4.69) is 26.1 Å². The number of hydrogen-bond acceptors (Lipinski definition) is 2. The Balaban J connectivity index is 0.00000242. The normalized spacial score (nSPS) is 12.8. The molecule has 0 heterocycles. The van der Waals surface area contributed by atoms with Gasteiger partial charge in [-0.25, -0.2) is 0 Å². The molecule has 2 nitrogen and oxygen atoms in total. The van der Waals surface area contributed by atoms with Gasteiger partial charge < -0.3 is 10.4 Å². The van der Waals surface area contributed by atoms with Crippen molar-refractivity contribution in [3.63, 3.8) is 0 Å². The maximum atomic E-state index is 11.5. The molecule has 1 unspecified atom stereocenters. The summed E-state index contributed by atoms with van der Waals surface area (Å²) in [7, 11) is 0. The molecule has 0 aliphatic heterocycles. The highest BCUT2D eigenvalue weighted by Crippen LogP contribution is 2.36. The summed E-state index contributed by atoms with van der Waals surface area (Å²) >= 11 is 0. The molecule has 3 heteroatoms. The summed E-state index contributed by atoms with van der Waals surface area (Å²) in [5.74, 6) is 0.0599. The Morgan fingerprint density at radius 2 is 1.27 bits per heavy atom. The smallest absolute Gasteiger partial charge is 0.118 e. The van der Waals surface area contributed by atoms with Crippen LogP contribution >= 0.6 is 17.0 Å². The molecule has 0 bridgehead atoms. The molecule has 2 rings (SSSR count). The fraction of sp³-hybridized carbons (Fsp3) is 0.368. The van der Waals surface area contributed by atoms with Crippen molar-refractivity contribution in [2.24, 2.45) is 5.92 Å². The van der Waals surface area contributed by atoms with Crippen LogP contribution in [0.2, 0.25) is 0 Å². The van der Waals surface area contributed by atoms with Crippen molar-refractivity contribution < 1.29 is 5.11 Å². The monoisotopic (exact) mass is 363 g/mol. The maximum absolute atomic E-state index is 11.5. The third-order valence-corrected chi connectivity index (χ3v) is 3.97. The van der Waals surface area contributed by atoms with E-state index < -0.39 is 5.60 Å². The standard InChI is InChI=1S/C19H25NO.BrH/c1-15(2)20-14-16(3)19(21,17-10-6-4-7-11-17)18-12-8-5-9-13-18;/h4-13,15-16,20-21H,14H2,1-3H3;1H. The second-order valence-electron chi connectivity index (χ2n) is 5.96. The molecule has 0 aromatic heterocycles. The Hall–Kier alpha value is -1.16. The van der Waals surface area contributed by atoms with Gasteiger partial charge >= 0.3 is 0 Å². The molecule has 1 atom stereocenters. The van der Waals surface area contributed by atoms with Crippen LogP contribution in [0, 0.1) is 5.92 Å². The minimum absolute atomic E-state index is 0.